The number of amides is 2. The molecule has 0 unspecified atom stereocenters. The van der Waals surface area contributed by atoms with Crippen molar-refractivity contribution in [3.05, 3.63) is 101 Å². The number of aromatic nitrogens is 1. The molecule has 176 valence electrons. The molecule has 3 N–H and O–H groups in total. The Hall–Kier alpha value is -4.01. The Labute approximate surface area is 207 Å². The van der Waals surface area contributed by atoms with Gasteiger partial charge >= 0.3 is 0 Å². The van der Waals surface area contributed by atoms with Gasteiger partial charge < -0.3 is 11.1 Å². The van der Waals surface area contributed by atoms with E-state index in [4.69, 9.17) is 17.3 Å². The van der Waals surface area contributed by atoms with Crippen LogP contribution >= 0.6 is 11.6 Å². The quantitative estimate of drug-likeness (QED) is 0.389. The third kappa shape index (κ3) is 5.40. The maximum Gasteiger partial charge on any atom is 0.256 e. The van der Waals surface area contributed by atoms with Crippen molar-refractivity contribution < 1.29 is 18.0 Å². The topological polar surface area (TPSA) is 119 Å². The van der Waals surface area contributed by atoms with Crippen molar-refractivity contribution in [2.75, 3.05) is 11.6 Å². The standard InChI is InChI=1S/C26H20ClN3O4S/c1-35(33,34)19-9-11-21(22(15-19)20-10-8-17(27)14-23(20)25(28)31)26(32)30-18-6-4-5-16(13-18)24-7-2-3-12-29-24/h2-15H,1H3,(H2,28,31)(H,30,32). The van der Waals surface area contributed by atoms with Gasteiger partial charge in [-0.15, -0.1) is 0 Å². The number of halogens is 1. The Morgan fingerprint density at radius 3 is 2.37 bits per heavy atom. The Kier molecular flexibility index (Phi) is 6.68. The second-order valence-electron chi connectivity index (χ2n) is 7.78. The van der Waals surface area contributed by atoms with Gasteiger partial charge in [0.05, 0.1) is 10.6 Å². The number of nitrogens with zero attached hydrogens (tertiary/aromatic N) is 1. The summed E-state index contributed by atoms with van der Waals surface area (Å²) in [4.78, 5) is 29.8. The number of nitrogens with one attached hydrogen (secondary N) is 1. The fraction of sp³-hybridized carbons (Fsp3) is 0.0385. The first-order valence-electron chi connectivity index (χ1n) is 10.4. The lowest BCUT2D eigenvalue weighted by Gasteiger charge is -2.15. The van der Waals surface area contributed by atoms with E-state index in [-0.39, 0.29) is 26.6 Å². The number of hydrogen-bond donors (Lipinski definition) is 2. The number of benzene rings is 3. The molecule has 0 atom stereocenters. The van der Waals surface area contributed by atoms with E-state index < -0.39 is 21.7 Å². The molecule has 1 heterocycles. The van der Waals surface area contributed by atoms with Crippen LogP contribution in [-0.4, -0.2) is 31.5 Å². The first kappa shape index (κ1) is 24.1. The summed E-state index contributed by atoms with van der Waals surface area (Å²) in [5.74, 6) is -1.26. The molecule has 0 aliphatic heterocycles. The molecule has 0 fully saturated rings. The van der Waals surface area contributed by atoms with Crippen molar-refractivity contribution in [2.24, 2.45) is 5.73 Å². The molecule has 7 nitrogen and oxygen atoms in total. The smallest absolute Gasteiger partial charge is 0.256 e. The van der Waals surface area contributed by atoms with E-state index in [2.05, 4.69) is 10.3 Å². The van der Waals surface area contributed by atoms with Crippen LogP contribution in [0.25, 0.3) is 22.4 Å². The van der Waals surface area contributed by atoms with Gasteiger partial charge in [-0.3, -0.25) is 14.6 Å². The fourth-order valence-corrected chi connectivity index (χ4v) is 4.44. The monoisotopic (exact) mass is 505 g/mol. The Morgan fingerprint density at radius 1 is 0.886 bits per heavy atom. The number of sulfone groups is 1. The van der Waals surface area contributed by atoms with Gasteiger partial charge in [-0.05, 0) is 65.7 Å². The third-order valence-corrected chi connectivity index (χ3v) is 6.63. The second-order valence-corrected chi connectivity index (χ2v) is 10.2. The summed E-state index contributed by atoms with van der Waals surface area (Å²) in [6.07, 6.45) is 2.74. The lowest BCUT2D eigenvalue weighted by molar-refractivity contribution is 0.0997. The summed E-state index contributed by atoms with van der Waals surface area (Å²) in [6.45, 7) is 0. The number of hydrogen-bond acceptors (Lipinski definition) is 5. The molecule has 1 aromatic heterocycles. The average Bonchev–Trinajstić information content (AvgIpc) is 2.83. The molecular weight excluding hydrogens is 486 g/mol. The first-order valence-corrected chi connectivity index (χ1v) is 12.7. The van der Waals surface area contributed by atoms with Gasteiger partial charge in [0.15, 0.2) is 9.84 Å². The van der Waals surface area contributed by atoms with Crippen molar-refractivity contribution in [3.63, 3.8) is 0 Å². The van der Waals surface area contributed by atoms with Crippen LogP contribution in [0, 0.1) is 0 Å². The molecule has 0 saturated heterocycles. The van der Waals surface area contributed by atoms with Crippen LogP contribution in [-0.2, 0) is 9.84 Å². The van der Waals surface area contributed by atoms with Gasteiger partial charge in [-0.25, -0.2) is 8.42 Å². The molecule has 0 bridgehead atoms. The van der Waals surface area contributed by atoms with Crippen LogP contribution in [0.1, 0.15) is 20.7 Å². The average molecular weight is 506 g/mol. The van der Waals surface area contributed by atoms with E-state index in [1.807, 2.05) is 24.3 Å². The van der Waals surface area contributed by atoms with Crippen molar-refractivity contribution in [3.8, 4) is 22.4 Å². The summed E-state index contributed by atoms with van der Waals surface area (Å²) in [5.41, 5.74) is 8.36. The number of nitrogens with two attached hydrogens (primary N) is 1. The minimum absolute atomic E-state index is 0.00781. The lowest BCUT2D eigenvalue weighted by Crippen LogP contribution is -2.16. The number of primary amides is 1. The highest BCUT2D eigenvalue weighted by Crippen LogP contribution is 2.32. The zero-order chi connectivity index (χ0) is 25.2. The first-order chi connectivity index (χ1) is 16.6. The molecule has 0 aliphatic carbocycles. The summed E-state index contributed by atoms with van der Waals surface area (Å²) in [5, 5.41) is 3.12. The molecule has 35 heavy (non-hydrogen) atoms. The highest BCUT2D eigenvalue weighted by atomic mass is 35.5. The summed E-state index contributed by atoms with van der Waals surface area (Å²) in [7, 11) is -3.59. The number of anilines is 1. The number of carbonyl (C=O) groups is 2. The van der Waals surface area contributed by atoms with Crippen LogP contribution in [0.2, 0.25) is 5.02 Å². The van der Waals surface area contributed by atoms with Crippen molar-refractivity contribution in [2.45, 2.75) is 4.90 Å². The summed E-state index contributed by atoms with van der Waals surface area (Å²) >= 11 is 6.04. The van der Waals surface area contributed by atoms with E-state index in [1.165, 1.54) is 36.4 Å². The van der Waals surface area contributed by atoms with Gasteiger partial charge in [0.25, 0.3) is 5.91 Å². The van der Waals surface area contributed by atoms with E-state index >= 15 is 0 Å². The molecule has 9 heteroatoms. The van der Waals surface area contributed by atoms with E-state index in [1.54, 1.807) is 24.4 Å². The Morgan fingerprint density at radius 2 is 1.69 bits per heavy atom. The maximum atomic E-state index is 13.3. The van der Waals surface area contributed by atoms with E-state index in [9.17, 15) is 18.0 Å². The van der Waals surface area contributed by atoms with E-state index in [0.29, 0.717) is 11.3 Å². The van der Waals surface area contributed by atoms with E-state index in [0.717, 1.165) is 17.5 Å². The molecule has 0 radical (unpaired) electrons. The molecule has 0 saturated carbocycles. The number of carbonyl (C=O) groups excluding carboxylic acids is 2. The normalized spacial score (nSPS) is 11.1. The molecular formula is C26H20ClN3O4S. The Bertz CT molecular complexity index is 1550. The van der Waals surface area contributed by atoms with Gasteiger partial charge in [0.1, 0.15) is 0 Å². The van der Waals surface area contributed by atoms with Crippen molar-refractivity contribution >= 4 is 38.9 Å². The third-order valence-electron chi connectivity index (χ3n) is 5.28. The van der Waals surface area contributed by atoms with Gasteiger partial charge in [0.2, 0.25) is 5.91 Å². The predicted molar refractivity (Wildman–Crippen MR) is 136 cm³/mol. The predicted octanol–water partition coefficient (Wildman–Crippen LogP) is 4.82. The van der Waals surface area contributed by atoms with Gasteiger partial charge in [-0.1, -0.05) is 35.9 Å². The second kappa shape index (κ2) is 9.69. The van der Waals surface area contributed by atoms with Crippen LogP contribution < -0.4 is 11.1 Å². The van der Waals surface area contributed by atoms with Crippen LogP contribution in [0.3, 0.4) is 0 Å². The summed E-state index contributed by atoms with van der Waals surface area (Å²) in [6, 6.07) is 21.3. The molecule has 4 aromatic rings. The van der Waals surface area contributed by atoms with Crippen molar-refractivity contribution in [1.82, 2.24) is 4.98 Å². The highest BCUT2D eigenvalue weighted by Gasteiger charge is 2.21. The maximum absolute atomic E-state index is 13.3. The number of rotatable bonds is 6. The minimum Gasteiger partial charge on any atom is -0.366 e. The largest absolute Gasteiger partial charge is 0.366 e. The van der Waals surface area contributed by atoms with Gasteiger partial charge in [0, 0.05) is 39.9 Å². The van der Waals surface area contributed by atoms with Crippen LogP contribution in [0.15, 0.2) is 90.0 Å². The molecule has 0 aliphatic rings. The molecule has 3 aromatic carbocycles. The van der Waals surface area contributed by atoms with Crippen LogP contribution in [0.5, 0.6) is 0 Å². The minimum atomic E-state index is -3.59. The Balaban J connectivity index is 1.80. The zero-order valence-electron chi connectivity index (χ0n) is 18.5. The van der Waals surface area contributed by atoms with Gasteiger partial charge in [-0.2, -0.15) is 0 Å². The fourth-order valence-electron chi connectivity index (χ4n) is 3.62. The lowest BCUT2D eigenvalue weighted by atomic mass is 9.94. The number of pyridine rings is 1. The highest BCUT2D eigenvalue weighted by molar-refractivity contribution is 7.90. The summed E-state index contributed by atoms with van der Waals surface area (Å²) < 4.78 is 24.4. The molecule has 4 rings (SSSR count). The molecule has 2 amide bonds. The SMILES string of the molecule is CS(=O)(=O)c1ccc(C(=O)Nc2cccc(-c3ccccn3)c2)c(-c2ccc(Cl)cc2C(N)=O)c1. The zero-order valence-corrected chi connectivity index (χ0v) is 20.1. The molecule has 0 spiro atoms. The van der Waals surface area contributed by atoms with Crippen LogP contribution in [0.4, 0.5) is 5.69 Å². The van der Waals surface area contributed by atoms with Crippen molar-refractivity contribution in [1.29, 1.82) is 0 Å².